The largest absolute Gasteiger partial charge is 0.489 e. The van der Waals surface area contributed by atoms with E-state index in [4.69, 9.17) is 15.2 Å². The SMILES string of the molecule is CC(C)(Oc1ccccc1)[C@H](O)/C=C/[C@@H]1[C@H]2c3cccc(CCCN)c3O[C@H]2C[C@H]1O. The van der Waals surface area contributed by atoms with Crippen molar-refractivity contribution in [3.8, 4) is 11.5 Å². The summed E-state index contributed by atoms with van der Waals surface area (Å²) in [4.78, 5) is 0. The first-order chi connectivity index (χ1) is 14.9. The Balaban J connectivity index is 1.51. The van der Waals surface area contributed by atoms with Gasteiger partial charge in [0.2, 0.25) is 0 Å². The number of nitrogens with two attached hydrogens (primary N) is 1. The molecule has 0 saturated heterocycles. The number of rotatable bonds is 8. The first-order valence-electron chi connectivity index (χ1n) is 11.2. The fourth-order valence-corrected chi connectivity index (χ4v) is 4.78. The summed E-state index contributed by atoms with van der Waals surface area (Å²) in [6, 6.07) is 15.7. The molecule has 1 aliphatic carbocycles. The molecular weight excluding hydrogens is 390 g/mol. The van der Waals surface area contributed by atoms with Crippen LogP contribution in [-0.2, 0) is 6.42 Å². The smallest absolute Gasteiger partial charge is 0.133 e. The van der Waals surface area contributed by atoms with Crippen molar-refractivity contribution < 1.29 is 19.7 Å². The van der Waals surface area contributed by atoms with Gasteiger partial charge in [0, 0.05) is 23.8 Å². The number of hydrogen-bond donors (Lipinski definition) is 3. The van der Waals surface area contributed by atoms with Gasteiger partial charge in [0.25, 0.3) is 0 Å². The highest BCUT2D eigenvalue weighted by Gasteiger charge is 2.49. The number of ether oxygens (including phenoxy) is 2. The van der Waals surface area contributed by atoms with Crippen LogP contribution in [0, 0.1) is 5.92 Å². The highest BCUT2D eigenvalue weighted by Crippen LogP contribution is 2.52. The average Bonchev–Trinajstić information content (AvgIpc) is 3.25. The summed E-state index contributed by atoms with van der Waals surface area (Å²) in [7, 11) is 0. The molecular formula is C26H33NO4. The van der Waals surface area contributed by atoms with E-state index in [0.717, 1.165) is 24.2 Å². The molecule has 31 heavy (non-hydrogen) atoms. The topological polar surface area (TPSA) is 84.9 Å². The molecule has 5 atom stereocenters. The van der Waals surface area contributed by atoms with Crippen molar-refractivity contribution >= 4 is 0 Å². The Morgan fingerprint density at radius 3 is 2.71 bits per heavy atom. The Labute approximate surface area is 184 Å². The Bertz CT molecular complexity index is 911. The van der Waals surface area contributed by atoms with Crippen molar-refractivity contribution in [2.45, 2.75) is 62.9 Å². The second-order valence-electron chi connectivity index (χ2n) is 9.14. The van der Waals surface area contributed by atoms with Crippen LogP contribution in [0.15, 0.2) is 60.7 Å². The van der Waals surface area contributed by atoms with E-state index in [0.29, 0.717) is 18.7 Å². The Morgan fingerprint density at radius 2 is 1.97 bits per heavy atom. The van der Waals surface area contributed by atoms with Crippen LogP contribution in [0.1, 0.15) is 43.7 Å². The Hall–Kier alpha value is -2.34. The second-order valence-corrected chi connectivity index (χ2v) is 9.14. The molecule has 1 heterocycles. The molecule has 1 saturated carbocycles. The molecule has 1 aliphatic heterocycles. The van der Waals surface area contributed by atoms with Crippen LogP contribution in [0.5, 0.6) is 11.5 Å². The first kappa shape index (κ1) is 21.9. The predicted molar refractivity (Wildman–Crippen MR) is 121 cm³/mol. The van der Waals surface area contributed by atoms with Crippen LogP contribution in [0.25, 0.3) is 0 Å². The van der Waals surface area contributed by atoms with E-state index in [1.54, 1.807) is 6.08 Å². The molecule has 166 valence electrons. The van der Waals surface area contributed by atoms with E-state index in [1.807, 2.05) is 50.3 Å². The van der Waals surface area contributed by atoms with Gasteiger partial charge in [-0.3, -0.25) is 0 Å². The van der Waals surface area contributed by atoms with E-state index in [1.165, 1.54) is 5.56 Å². The highest BCUT2D eigenvalue weighted by atomic mass is 16.5. The number of aryl methyl sites for hydroxylation is 1. The molecule has 5 nitrogen and oxygen atoms in total. The molecule has 1 fully saturated rings. The van der Waals surface area contributed by atoms with Crippen molar-refractivity contribution in [3.63, 3.8) is 0 Å². The van der Waals surface area contributed by atoms with Gasteiger partial charge in [-0.2, -0.15) is 0 Å². The third kappa shape index (κ3) is 4.49. The molecule has 0 unspecified atom stereocenters. The predicted octanol–water partition coefficient (Wildman–Crippen LogP) is 3.58. The molecule has 0 radical (unpaired) electrons. The van der Waals surface area contributed by atoms with Crippen molar-refractivity contribution in [1.29, 1.82) is 0 Å². The lowest BCUT2D eigenvalue weighted by Crippen LogP contribution is -2.41. The number of hydrogen-bond acceptors (Lipinski definition) is 5. The van der Waals surface area contributed by atoms with Gasteiger partial charge in [-0.05, 0) is 50.9 Å². The van der Waals surface area contributed by atoms with Crippen molar-refractivity contribution in [2.75, 3.05) is 6.54 Å². The van der Waals surface area contributed by atoms with E-state index < -0.39 is 17.8 Å². The molecule has 5 heteroatoms. The summed E-state index contributed by atoms with van der Waals surface area (Å²) in [6.07, 6.45) is 4.75. The molecule has 4 rings (SSSR count). The summed E-state index contributed by atoms with van der Waals surface area (Å²) in [6.45, 7) is 4.38. The summed E-state index contributed by atoms with van der Waals surface area (Å²) < 4.78 is 12.3. The van der Waals surface area contributed by atoms with Gasteiger partial charge in [0.05, 0.1) is 6.10 Å². The van der Waals surface area contributed by atoms with Gasteiger partial charge in [-0.15, -0.1) is 0 Å². The Morgan fingerprint density at radius 1 is 1.19 bits per heavy atom. The molecule has 0 bridgehead atoms. The molecule has 0 amide bonds. The van der Waals surface area contributed by atoms with E-state index in [9.17, 15) is 10.2 Å². The van der Waals surface area contributed by atoms with Gasteiger partial charge in [-0.1, -0.05) is 48.6 Å². The summed E-state index contributed by atoms with van der Waals surface area (Å²) >= 11 is 0. The normalized spacial score (nSPS) is 25.8. The maximum absolute atomic E-state index is 10.8. The van der Waals surface area contributed by atoms with Crippen LogP contribution in [0.4, 0.5) is 0 Å². The zero-order valence-electron chi connectivity index (χ0n) is 18.3. The Kier molecular flexibility index (Phi) is 6.37. The minimum Gasteiger partial charge on any atom is -0.489 e. The zero-order chi connectivity index (χ0) is 22.0. The lowest BCUT2D eigenvalue weighted by molar-refractivity contribution is -0.00221. The summed E-state index contributed by atoms with van der Waals surface area (Å²) in [5.41, 5.74) is 7.22. The third-order valence-corrected chi connectivity index (χ3v) is 6.49. The molecule has 0 spiro atoms. The van der Waals surface area contributed by atoms with E-state index in [2.05, 4.69) is 18.2 Å². The van der Waals surface area contributed by atoms with Gasteiger partial charge in [0.1, 0.15) is 29.3 Å². The minimum atomic E-state index is -0.823. The third-order valence-electron chi connectivity index (χ3n) is 6.49. The number of aliphatic hydroxyl groups excluding tert-OH is 2. The van der Waals surface area contributed by atoms with Crippen molar-refractivity contribution in [1.82, 2.24) is 0 Å². The zero-order valence-corrected chi connectivity index (χ0v) is 18.3. The maximum Gasteiger partial charge on any atom is 0.133 e. The number of para-hydroxylation sites is 2. The van der Waals surface area contributed by atoms with Crippen molar-refractivity contribution in [3.05, 3.63) is 71.8 Å². The quantitative estimate of drug-likeness (QED) is 0.565. The number of benzene rings is 2. The van der Waals surface area contributed by atoms with Gasteiger partial charge in [0.15, 0.2) is 0 Å². The highest BCUT2D eigenvalue weighted by molar-refractivity contribution is 5.49. The molecule has 2 aliphatic rings. The maximum atomic E-state index is 10.8. The lowest BCUT2D eigenvalue weighted by atomic mass is 9.86. The summed E-state index contributed by atoms with van der Waals surface area (Å²) in [5.74, 6) is 1.65. The van der Waals surface area contributed by atoms with Crippen LogP contribution in [0.3, 0.4) is 0 Å². The lowest BCUT2D eigenvalue weighted by Gasteiger charge is -2.30. The monoisotopic (exact) mass is 423 g/mol. The van der Waals surface area contributed by atoms with Crippen LogP contribution in [0.2, 0.25) is 0 Å². The molecule has 2 aromatic carbocycles. The van der Waals surface area contributed by atoms with Crippen LogP contribution >= 0.6 is 0 Å². The van der Waals surface area contributed by atoms with Gasteiger partial charge < -0.3 is 25.4 Å². The fourth-order valence-electron chi connectivity index (χ4n) is 4.78. The van der Waals surface area contributed by atoms with Crippen LogP contribution in [-0.4, -0.2) is 40.7 Å². The van der Waals surface area contributed by atoms with Crippen LogP contribution < -0.4 is 15.2 Å². The number of aliphatic hydroxyl groups is 2. The second kappa shape index (κ2) is 9.03. The standard InChI is InChI=1S/C26H33NO4/c1-26(2,31-18-10-4-3-5-11-18)23(29)14-13-19-21(28)16-22-24(19)20-12-6-8-17(9-7-15-27)25(20)30-22/h3-6,8,10-14,19,21-24,28-29H,7,9,15-16,27H2,1-2H3/b14-13+/t19-,21+,22-,23+,24-/m0/s1. The van der Waals surface area contributed by atoms with Gasteiger partial charge in [-0.25, -0.2) is 0 Å². The van der Waals surface area contributed by atoms with Crippen molar-refractivity contribution in [2.24, 2.45) is 11.7 Å². The molecule has 2 aromatic rings. The van der Waals surface area contributed by atoms with E-state index >= 15 is 0 Å². The summed E-state index contributed by atoms with van der Waals surface area (Å²) in [5, 5.41) is 21.5. The number of fused-ring (bicyclic) bond motifs is 3. The first-order valence-corrected chi connectivity index (χ1v) is 11.2. The minimum absolute atomic E-state index is 0.0376. The average molecular weight is 424 g/mol. The molecule has 0 aromatic heterocycles. The van der Waals surface area contributed by atoms with E-state index in [-0.39, 0.29) is 17.9 Å². The fraction of sp³-hybridized carbons (Fsp3) is 0.462. The molecule has 4 N–H and O–H groups in total. The van der Waals surface area contributed by atoms with Gasteiger partial charge >= 0.3 is 0 Å².